The van der Waals surface area contributed by atoms with Crippen molar-refractivity contribution in [3.05, 3.63) is 28.9 Å². The Morgan fingerprint density at radius 3 is 3.00 bits per heavy atom. The molecule has 80 valence electrons. The third kappa shape index (κ3) is 2.15. The zero-order chi connectivity index (χ0) is 11.5. The number of thiazole rings is 1. The lowest BCUT2D eigenvalue weighted by atomic mass is 10.2. The lowest BCUT2D eigenvalue weighted by Gasteiger charge is -2.02. The lowest BCUT2D eigenvalue weighted by Crippen LogP contribution is -1.95. The minimum atomic E-state index is 0.419. The summed E-state index contributed by atoms with van der Waals surface area (Å²) >= 11 is 2.92. The van der Waals surface area contributed by atoms with E-state index >= 15 is 0 Å². The molecule has 0 bridgehead atoms. The van der Waals surface area contributed by atoms with Crippen LogP contribution >= 0.6 is 23.1 Å². The Bertz CT molecular complexity index is 556. The van der Waals surface area contributed by atoms with E-state index in [0.29, 0.717) is 16.3 Å². The number of nitrogen functional groups attached to an aromatic ring is 1. The van der Waals surface area contributed by atoms with Crippen LogP contribution in [0.25, 0.3) is 0 Å². The van der Waals surface area contributed by atoms with Crippen molar-refractivity contribution in [3.63, 3.8) is 0 Å². The predicted molar refractivity (Wildman–Crippen MR) is 64.3 cm³/mol. The summed E-state index contributed by atoms with van der Waals surface area (Å²) in [6, 6.07) is 3.63. The van der Waals surface area contributed by atoms with Crippen molar-refractivity contribution in [1.29, 1.82) is 5.26 Å². The molecule has 2 heterocycles. The van der Waals surface area contributed by atoms with Crippen LogP contribution in [0.2, 0.25) is 0 Å². The molecule has 4 nitrogen and oxygen atoms in total. The highest BCUT2D eigenvalue weighted by molar-refractivity contribution is 8.01. The van der Waals surface area contributed by atoms with Gasteiger partial charge >= 0.3 is 0 Å². The minimum absolute atomic E-state index is 0.419. The first-order valence-electron chi connectivity index (χ1n) is 4.45. The van der Waals surface area contributed by atoms with Crippen LogP contribution in [0.4, 0.5) is 5.69 Å². The molecule has 16 heavy (non-hydrogen) atoms. The van der Waals surface area contributed by atoms with Crippen LogP contribution in [0.3, 0.4) is 0 Å². The standard InChI is InChI=1S/C10H8N4S2/c1-6-5-15-10(14-6)16-9-8(12)7(4-11)2-3-13-9/h2-3,5H,12H2,1H3. The van der Waals surface area contributed by atoms with Crippen LogP contribution in [0.15, 0.2) is 27.0 Å². The van der Waals surface area contributed by atoms with Gasteiger partial charge in [0.1, 0.15) is 11.1 Å². The summed E-state index contributed by atoms with van der Waals surface area (Å²) in [5, 5.41) is 11.4. The fraction of sp³-hybridized carbons (Fsp3) is 0.100. The van der Waals surface area contributed by atoms with E-state index in [2.05, 4.69) is 9.97 Å². The van der Waals surface area contributed by atoms with E-state index in [0.717, 1.165) is 10.0 Å². The van der Waals surface area contributed by atoms with Crippen molar-refractivity contribution in [2.24, 2.45) is 0 Å². The molecule has 0 aliphatic carbocycles. The largest absolute Gasteiger partial charge is 0.395 e. The van der Waals surface area contributed by atoms with E-state index in [1.165, 1.54) is 23.1 Å². The zero-order valence-corrected chi connectivity index (χ0v) is 10.1. The van der Waals surface area contributed by atoms with E-state index < -0.39 is 0 Å². The van der Waals surface area contributed by atoms with Crippen LogP contribution < -0.4 is 5.73 Å². The van der Waals surface area contributed by atoms with Gasteiger partial charge in [-0.25, -0.2) is 9.97 Å². The van der Waals surface area contributed by atoms with E-state index in [1.807, 2.05) is 18.4 Å². The van der Waals surface area contributed by atoms with Gasteiger partial charge in [0, 0.05) is 17.3 Å². The summed E-state index contributed by atoms with van der Waals surface area (Å²) in [5.41, 5.74) is 7.66. The highest BCUT2D eigenvalue weighted by Gasteiger charge is 2.09. The number of hydrogen-bond donors (Lipinski definition) is 1. The summed E-state index contributed by atoms with van der Waals surface area (Å²) in [5.74, 6) is 0. The molecule has 0 aliphatic rings. The molecule has 2 rings (SSSR count). The smallest absolute Gasteiger partial charge is 0.156 e. The molecule has 2 N–H and O–H groups in total. The Labute approximate surface area is 101 Å². The Kier molecular flexibility index (Phi) is 3.08. The Morgan fingerprint density at radius 1 is 1.56 bits per heavy atom. The number of pyridine rings is 1. The van der Waals surface area contributed by atoms with Crippen LogP contribution in [-0.4, -0.2) is 9.97 Å². The fourth-order valence-electron chi connectivity index (χ4n) is 1.09. The number of aromatic nitrogens is 2. The molecule has 6 heteroatoms. The second kappa shape index (κ2) is 4.51. The van der Waals surface area contributed by atoms with E-state index in [1.54, 1.807) is 12.3 Å². The molecule has 0 aromatic carbocycles. The van der Waals surface area contributed by atoms with Crippen LogP contribution in [0.1, 0.15) is 11.3 Å². The minimum Gasteiger partial charge on any atom is -0.395 e. The lowest BCUT2D eigenvalue weighted by molar-refractivity contribution is 1.11. The molecule has 0 spiro atoms. The van der Waals surface area contributed by atoms with Crippen molar-refractivity contribution in [2.75, 3.05) is 5.73 Å². The van der Waals surface area contributed by atoms with Crippen molar-refractivity contribution in [2.45, 2.75) is 16.3 Å². The number of anilines is 1. The van der Waals surface area contributed by atoms with Crippen molar-refractivity contribution < 1.29 is 0 Å². The summed E-state index contributed by atoms with van der Waals surface area (Å²) in [7, 11) is 0. The Morgan fingerprint density at radius 2 is 2.38 bits per heavy atom. The maximum Gasteiger partial charge on any atom is 0.156 e. The third-order valence-electron chi connectivity index (χ3n) is 1.86. The maximum absolute atomic E-state index is 8.83. The second-order valence-corrected chi connectivity index (χ2v) is 5.14. The number of aryl methyl sites for hydroxylation is 1. The molecule has 0 amide bonds. The number of rotatable bonds is 2. The quantitative estimate of drug-likeness (QED) is 0.883. The topological polar surface area (TPSA) is 75.6 Å². The van der Waals surface area contributed by atoms with Crippen molar-refractivity contribution >= 4 is 28.8 Å². The highest BCUT2D eigenvalue weighted by Crippen LogP contribution is 2.33. The molecule has 0 aliphatic heterocycles. The molecule has 0 atom stereocenters. The number of nitriles is 1. The van der Waals surface area contributed by atoms with Gasteiger partial charge in [-0.15, -0.1) is 11.3 Å². The van der Waals surface area contributed by atoms with Crippen molar-refractivity contribution in [3.8, 4) is 6.07 Å². The highest BCUT2D eigenvalue weighted by atomic mass is 32.2. The SMILES string of the molecule is Cc1csc(Sc2nccc(C#N)c2N)n1. The average molecular weight is 248 g/mol. The molecular formula is C10H8N4S2. The monoisotopic (exact) mass is 248 g/mol. The van der Waals surface area contributed by atoms with Crippen LogP contribution in [-0.2, 0) is 0 Å². The fourth-order valence-corrected chi connectivity index (χ4v) is 2.88. The van der Waals surface area contributed by atoms with E-state index in [4.69, 9.17) is 11.0 Å². The molecule has 2 aromatic heterocycles. The van der Waals surface area contributed by atoms with Crippen LogP contribution in [0.5, 0.6) is 0 Å². The Hall–Kier alpha value is -1.58. The third-order valence-corrected chi connectivity index (χ3v) is 3.93. The first kappa shape index (κ1) is 10.9. The molecule has 0 saturated carbocycles. The molecule has 0 fully saturated rings. The van der Waals surface area contributed by atoms with Gasteiger partial charge in [0.2, 0.25) is 0 Å². The van der Waals surface area contributed by atoms with Gasteiger partial charge in [-0.3, -0.25) is 0 Å². The number of nitrogens with zero attached hydrogens (tertiary/aromatic N) is 3. The molecule has 0 radical (unpaired) electrons. The van der Waals surface area contributed by atoms with Gasteiger partial charge in [-0.05, 0) is 24.8 Å². The molecule has 2 aromatic rings. The van der Waals surface area contributed by atoms with Gasteiger partial charge in [0.15, 0.2) is 4.34 Å². The second-order valence-electron chi connectivity index (χ2n) is 3.05. The number of nitrogens with two attached hydrogens (primary N) is 1. The summed E-state index contributed by atoms with van der Waals surface area (Å²) in [6.07, 6.45) is 1.58. The zero-order valence-electron chi connectivity index (χ0n) is 8.47. The van der Waals surface area contributed by atoms with Gasteiger partial charge in [-0.2, -0.15) is 5.26 Å². The molecular weight excluding hydrogens is 240 g/mol. The molecule has 0 unspecified atom stereocenters. The number of hydrogen-bond acceptors (Lipinski definition) is 6. The summed E-state index contributed by atoms with van der Waals surface area (Å²) < 4.78 is 0.881. The predicted octanol–water partition coefficient (Wildman–Crippen LogP) is 2.45. The van der Waals surface area contributed by atoms with Gasteiger partial charge in [-0.1, -0.05) is 0 Å². The summed E-state index contributed by atoms with van der Waals surface area (Å²) in [4.78, 5) is 8.45. The first-order chi connectivity index (χ1) is 7.70. The van der Waals surface area contributed by atoms with Gasteiger partial charge in [0.05, 0.1) is 11.3 Å². The van der Waals surface area contributed by atoms with Gasteiger partial charge in [0.25, 0.3) is 0 Å². The normalized spacial score (nSPS) is 10.0. The Balaban J connectivity index is 2.32. The van der Waals surface area contributed by atoms with Crippen LogP contribution in [0, 0.1) is 18.3 Å². The first-order valence-corrected chi connectivity index (χ1v) is 6.15. The molecule has 0 saturated heterocycles. The summed E-state index contributed by atoms with van der Waals surface area (Å²) in [6.45, 7) is 1.93. The van der Waals surface area contributed by atoms with Gasteiger partial charge < -0.3 is 5.73 Å². The maximum atomic E-state index is 8.83. The average Bonchev–Trinajstić information content (AvgIpc) is 2.67. The van der Waals surface area contributed by atoms with E-state index in [-0.39, 0.29) is 0 Å². The van der Waals surface area contributed by atoms with Crippen molar-refractivity contribution in [1.82, 2.24) is 9.97 Å². The van der Waals surface area contributed by atoms with E-state index in [9.17, 15) is 0 Å².